The Balaban J connectivity index is 2.34. The minimum absolute atomic E-state index is 0.0708. The Hall–Kier alpha value is -1.22. The van der Waals surface area contributed by atoms with E-state index in [1.165, 1.54) is 0 Å². The van der Waals surface area contributed by atoms with E-state index in [4.69, 9.17) is 21.1 Å². The van der Waals surface area contributed by atoms with Gasteiger partial charge in [-0.2, -0.15) is 0 Å². The summed E-state index contributed by atoms with van der Waals surface area (Å²) in [4.78, 5) is 11.7. The minimum Gasteiger partial charge on any atom is -0.492 e. The monoisotopic (exact) mass is 226 g/mol. The van der Waals surface area contributed by atoms with Crippen LogP contribution in [-0.4, -0.2) is 24.9 Å². The molecule has 4 heteroatoms. The van der Waals surface area contributed by atoms with Gasteiger partial charge >= 0.3 is 0 Å². The predicted octanol–water partition coefficient (Wildman–Crippen LogP) is 2.27. The molecule has 0 aliphatic carbocycles. The van der Waals surface area contributed by atoms with Gasteiger partial charge in [0.1, 0.15) is 23.7 Å². The summed E-state index contributed by atoms with van der Waals surface area (Å²) in [6, 6.07) is 5.35. The summed E-state index contributed by atoms with van der Waals surface area (Å²) in [6.45, 7) is 0.843. The summed E-state index contributed by atoms with van der Waals surface area (Å²) in [5.41, 5.74) is 0.550. The maximum atomic E-state index is 11.7. The first-order valence-corrected chi connectivity index (χ1v) is 5.34. The van der Waals surface area contributed by atoms with E-state index in [0.29, 0.717) is 42.6 Å². The van der Waals surface area contributed by atoms with Gasteiger partial charge in [0.05, 0.1) is 12.5 Å². The first-order chi connectivity index (χ1) is 7.33. The van der Waals surface area contributed by atoms with Gasteiger partial charge in [-0.1, -0.05) is 6.07 Å². The number of hydrogen-bond donors (Lipinski definition) is 0. The van der Waals surface area contributed by atoms with Crippen LogP contribution in [0.15, 0.2) is 18.2 Å². The van der Waals surface area contributed by atoms with Gasteiger partial charge in [-0.05, 0) is 12.1 Å². The third-order valence-corrected chi connectivity index (χ3v) is 2.34. The second-order valence-electron chi connectivity index (χ2n) is 3.19. The smallest absolute Gasteiger partial charge is 0.173 e. The first-order valence-electron chi connectivity index (χ1n) is 4.80. The Labute approximate surface area is 92.9 Å². The fourth-order valence-corrected chi connectivity index (χ4v) is 1.63. The van der Waals surface area contributed by atoms with E-state index in [0.717, 1.165) is 0 Å². The van der Waals surface area contributed by atoms with Gasteiger partial charge in [0.15, 0.2) is 5.78 Å². The Kier molecular flexibility index (Phi) is 3.11. The third-order valence-electron chi connectivity index (χ3n) is 2.19. The fourth-order valence-electron chi connectivity index (χ4n) is 1.55. The number of benzene rings is 1. The quantitative estimate of drug-likeness (QED) is 0.742. The van der Waals surface area contributed by atoms with Crippen molar-refractivity contribution in [1.29, 1.82) is 0 Å². The predicted molar refractivity (Wildman–Crippen MR) is 57.1 cm³/mol. The number of fused-ring (bicyclic) bond motifs is 1. The van der Waals surface area contributed by atoms with Crippen LogP contribution in [0, 0.1) is 0 Å². The van der Waals surface area contributed by atoms with Gasteiger partial charge in [-0.3, -0.25) is 4.79 Å². The van der Waals surface area contributed by atoms with Crippen molar-refractivity contribution in [3.8, 4) is 11.5 Å². The van der Waals surface area contributed by atoms with Crippen LogP contribution in [-0.2, 0) is 0 Å². The van der Waals surface area contributed by atoms with E-state index in [2.05, 4.69) is 0 Å². The van der Waals surface area contributed by atoms with Crippen molar-refractivity contribution in [2.75, 3.05) is 19.1 Å². The van der Waals surface area contributed by atoms with Crippen LogP contribution < -0.4 is 9.47 Å². The summed E-state index contributed by atoms with van der Waals surface area (Å²) < 4.78 is 10.8. The summed E-state index contributed by atoms with van der Waals surface area (Å²) in [7, 11) is 0. The highest BCUT2D eigenvalue weighted by Gasteiger charge is 2.22. The standard InChI is InChI=1S/C11H11ClO3/c12-5-7-15-10-3-1-2-9-11(10)8(13)4-6-14-9/h1-3H,4-7H2. The number of ether oxygens (including phenoxy) is 2. The van der Waals surface area contributed by atoms with Crippen molar-refractivity contribution in [2.24, 2.45) is 0 Å². The van der Waals surface area contributed by atoms with Crippen molar-refractivity contribution in [3.63, 3.8) is 0 Å². The molecule has 1 aliphatic heterocycles. The van der Waals surface area contributed by atoms with Gasteiger partial charge in [0.2, 0.25) is 0 Å². The maximum Gasteiger partial charge on any atom is 0.173 e. The van der Waals surface area contributed by atoms with E-state index >= 15 is 0 Å². The molecule has 15 heavy (non-hydrogen) atoms. The van der Waals surface area contributed by atoms with Crippen molar-refractivity contribution in [3.05, 3.63) is 23.8 Å². The summed E-state index contributed by atoms with van der Waals surface area (Å²) >= 11 is 5.53. The van der Waals surface area contributed by atoms with E-state index in [1.807, 2.05) is 0 Å². The van der Waals surface area contributed by atoms with E-state index in [-0.39, 0.29) is 5.78 Å². The largest absolute Gasteiger partial charge is 0.492 e. The Bertz CT molecular complexity index is 376. The van der Waals surface area contributed by atoms with Crippen molar-refractivity contribution < 1.29 is 14.3 Å². The molecule has 80 valence electrons. The molecule has 2 rings (SSSR count). The number of carbonyl (C=O) groups excluding carboxylic acids is 1. The molecule has 1 heterocycles. The lowest BCUT2D eigenvalue weighted by Crippen LogP contribution is -2.16. The number of ketones is 1. The van der Waals surface area contributed by atoms with Gasteiger partial charge < -0.3 is 9.47 Å². The van der Waals surface area contributed by atoms with Crippen molar-refractivity contribution in [2.45, 2.75) is 6.42 Å². The number of Topliss-reactive ketones (excluding diaryl/α,β-unsaturated/α-hetero) is 1. The number of rotatable bonds is 3. The zero-order chi connectivity index (χ0) is 10.7. The fraction of sp³-hybridized carbons (Fsp3) is 0.364. The highest BCUT2D eigenvalue weighted by atomic mass is 35.5. The highest BCUT2D eigenvalue weighted by Crippen LogP contribution is 2.32. The Morgan fingerprint density at radius 3 is 3.13 bits per heavy atom. The van der Waals surface area contributed by atoms with E-state index in [1.54, 1.807) is 18.2 Å². The van der Waals surface area contributed by atoms with Gasteiger partial charge in [-0.15, -0.1) is 11.6 Å². The zero-order valence-corrected chi connectivity index (χ0v) is 8.92. The molecule has 1 aromatic carbocycles. The van der Waals surface area contributed by atoms with Crippen LogP contribution in [0.25, 0.3) is 0 Å². The number of halogens is 1. The van der Waals surface area contributed by atoms with Gasteiger partial charge in [0.25, 0.3) is 0 Å². The number of carbonyl (C=O) groups is 1. The molecule has 1 aromatic rings. The Morgan fingerprint density at radius 1 is 1.47 bits per heavy atom. The molecule has 0 aromatic heterocycles. The molecule has 0 fully saturated rings. The molecule has 3 nitrogen and oxygen atoms in total. The van der Waals surface area contributed by atoms with E-state index < -0.39 is 0 Å². The molecule has 0 amide bonds. The molecule has 0 unspecified atom stereocenters. The Morgan fingerprint density at radius 2 is 2.33 bits per heavy atom. The van der Waals surface area contributed by atoms with Crippen molar-refractivity contribution >= 4 is 17.4 Å². The first kappa shape index (κ1) is 10.3. The second-order valence-corrected chi connectivity index (χ2v) is 3.57. The van der Waals surface area contributed by atoms with E-state index in [9.17, 15) is 4.79 Å². The zero-order valence-electron chi connectivity index (χ0n) is 8.16. The molecular formula is C11H11ClO3. The minimum atomic E-state index is 0.0708. The molecule has 0 N–H and O–H groups in total. The summed E-state index contributed by atoms with van der Waals surface area (Å²) in [6.07, 6.45) is 0.411. The van der Waals surface area contributed by atoms with Crippen LogP contribution in [0.3, 0.4) is 0 Å². The van der Waals surface area contributed by atoms with Crippen LogP contribution >= 0.6 is 11.6 Å². The maximum absolute atomic E-state index is 11.7. The second kappa shape index (κ2) is 4.53. The van der Waals surface area contributed by atoms with Crippen LogP contribution in [0.4, 0.5) is 0 Å². The lowest BCUT2D eigenvalue weighted by atomic mass is 10.0. The van der Waals surface area contributed by atoms with Crippen molar-refractivity contribution in [1.82, 2.24) is 0 Å². The molecule has 0 saturated carbocycles. The number of hydrogen-bond acceptors (Lipinski definition) is 3. The van der Waals surface area contributed by atoms with Gasteiger partial charge in [-0.25, -0.2) is 0 Å². The summed E-state index contributed by atoms with van der Waals surface area (Å²) in [5, 5.41) is 0. The number of alkyl halides is 1. The molecule has 1 aliphatic rings. The highest BCUT2D eigenvalue weighted by molar-refractivity contribution is 6.18. The lowest BCUT2D eigenvalue weighted by Gasteiger charge is -2.18. The lowest BCUT2D eigenvalue weighted by molar-refractivity contribution is 0.0928. The molecule has 0 radical (unpaired) electrons. The van der Waals surface area contributed by atoms with Crippen LogP contribution in [0.1, 0.15) is 16.8 Å². The molecular weight excluding hydrogens is 216 g/mol. The average molecular weight is 227 g/mol. The normalized spacial score (nSPS) is 14.3. The summed E-state index contributed by atoms with van der Waals surface area (Å²) in [5.74, 6) is 1.65. The molecule has 0 bridgehead atoms. The topological polar surface area (TPSA) is 35.5 Å². The third kappa shape index (κ3) is 2.07. The average Bonchev–Trinajstić information content (AvgIpc) is 2.26. The SMILES string of the molecule is O=C1CCOc2cccc(OCCCl)c21. The molecule has 0 saturated heterocycles. The van der Waals surface area contributed by atoms with Crippen LogP contribution in [0.2, 0.25) is 0 Å². The molecule has 0 atom stereocenters. The van der Waals surface area contributed by atoms with Crippen LogP contribution in [0.5, 0.6) is 11.5 Å². The molecule has 0 spiro atoms. The van der Waals surface area contributed by atoms with Gasteiger partial charge in [0, 0.05) is 6.42 Å².